The Kier molecular flexibility index (Phi) is 5.10. The van der Waals surface area contributed by atoms with Crippen LogP contribution in [0.3, 0.4) is 0 Å². The van der Waals surface area contributed by atoms with Gasteiger partial charge in [-0.1, -0.05) is 20.8 Å². The van der Waals surface area contributed by atoms with Gasteiger partial charge in [0.2, 0.25) is 0 Å². The Labute approximate surface area is 113 Å². The van der Waals surface area contributed by atoms with E-state index in [0.29, 0.717) is 5.92 Å². The van der Waals surface area contributed by atoms with E-state index in [4.69, 9.17) is 16.0 Å². The van der Waals surface area contributed by atoms with Crippen molar-refractivity contribution in [3.8, 4) is 0 Å². The summed E-state index contributed by atoms with van der Waals surface area (Å²) in [6, 6.07) is 0. The molecule has 1 rings (SSSR count). The van der Waals surface area contributed by atoms with Gasteiger partial charge in [0, 0.05) is 24.4 Å². The van der Waals surface area contributed by atoms with Crippen LogP contribution >= 0.6 is 11.6 Å². The van der Waals surface area contributed by atoms with Gasteiger partial charge in [-0.05, 0) is 38.1 Å². The van der Waals surface area contributed by atoms with Gasteiger partial charge in [0.15, 0.2) is 8.32 Å². The molecule has 1 heterocycles. The van der Waals surface area contributed by atoms with E-state index < -0.39 is 8.32 Å². The molecule has 0 spiro atoms. The van der Waals surface area contributed by atoms with Gasteiger partial charge in [-0.25, -0.2) is 0 Å². The zero-order valence-electron chi connectivity index (χ0n) is 12.2. The zero-order chi connectivity index (χ0) is 13.3. The molecule has 1 saturated heterocycles. The Morgan fingerprint density at radius 1 is 1.35 bits per heavy atom. The van der Waals surface area contributed by atoms with Crippen LogP contribution in [0.25, 0.3) is 0 Å². The summed E-state index contributed by atoms with van der Waals surface area (Å²) < 4.78 is 6.28. The van der Waals surface area contributed by atoms with Gasteiger partial charge in [0.05, 0.1) is 0 Å². The summed E-state index contributed by atoms with van der Waals surface area (Å²) in [4.78, 5) is 2.36. The minimum atomic E-state index is -1.62. The molecule has 17 heavy (non-hydrogen) atoms. The minimum absolute atomic E-state index is 0.287. The van der Waals surface area contributed by atoms with Crippen molar-refractivity contribution in [2.45, 2.75) is 50.7 Å². The lowest BCUT2D eigenvalue weighted by Crippen LogP contribution is -2.46. The summed E-state index contributed by atoms with van der Waals surface area (Å²) in [6.45, 7) is 14.5. The predicted molar refractivity (Wildman–Crippen MR) is 78.4 cm³/mol. The van der Waals surface area contributed by atoms with Gasteiger partial charge in [0.1, 0.15) is 0 Å². The van der Waals surface area contributed by atoms with Crippen LogP contribution in [-0.4, -0.2) is 45.3 Å². The molecule has 1 fully saturated rings. The zero-order valence-corrected chi connectivity index (χ0v) is 14.0. The van der Waals surface area contributed by atoms with Crippen LogP contribution in [0.5, 0.6) is 0 Å². The van der Waals surface area contributed by atoms with Crippen LogP contribution in [0.2, 0.25) is 18.1 Å². The molecule has 0 amide bonds. The molecule has 0 aromatic heterocycles. The van der Waals surface area contributed by atoms with Gasteiger partial charge in [-0.3, -0.25) is 0 Å². The number of piperidine rings is 1. The third-order valence-electron chi connectivity index (χ3n) is 4.31. The minimum Gasteiger partial charge on any atom is -0.416 e. The van der Waals surface area contributed by atoms with Crippen molar-refractivity contribution in [1.29, 1.82) is 0 Å². The van der Waals surface area contributed by atoms with Crippen molar-refractivity contribution in [2.24, 2.45) is 5.92 Å². The Bertz CT molecular complexity index is 252. The molecule has 2 atom stereocenters. The number of hydrogen-bond acceptors (Lipinski definition) is 2. The van der Waals surface area contributed by atoms with Crippen molar-refractivity contribution in [2.75, 3.05) is 26.7 Å². The standard InChI is InChI=1S/C13H28ClNOSi/c1-13(2,3)17(5,6)16-10-11-9-15(4)8-7-12(11)14/h11-12H,7-10H2,1-6H3. The quantitative estimate of drug-likeness (QED) is 0.578. The van der Waals surface area contributed by atoms with E-state index >= 15 is 0 Å². The summed E-state index contributed by atoms with van der Waals surface area (Å²) in [6.07, 6.45) is 1.09. The number of nitrogens with zero attached hydrogens (tertiary/aromatic N) is 1. The van der Waals surface area contributed by atoms with Crippen molar-refractivity contribution < 1.29 is 4.43 Å². The van der Waals surface area contributed by atoms with Gasteiger partial charge in [-0.15, -0.1) is 11.6 Å². The summed E-state index contributed by atoms with van der Waals surface area (Å²) in [5, 5.41) is 0.575. The maximum Gasteiger partial charge on any atom is 0.191 e. The van der Waals surface area contributed by atoms with Crippen LogP contribution in [0.4, 0.5) is 0 Å². The van der Waals surface area contributed by atoms with E-state index in [1.807, 2.05) is 0 Å². The van der Waals surface area contributed by atoms with E-state index in [0.717, 1.165) is 26.1 Å². The maximum atomic E-state index is 6.40. The molecule has 0 N–H and O–H groups in total. The van der Waals surface area contributed by atoms with Crippen molar-refractivity contribution in [3.05, 3.63) is 0 Å². The average Bonchev–Trinajstić information content (AvgIpc) is 2.18. The lowest BCUT2D eigenvalue weighted by atomic mass is 9.99. The first-order chi connectivity index (χ1) is 7.63. The third kappa shape index (κ3) is 4.23. The fraction of sp³-hybridized carbons (Fsp3) is 1.00. The third-order valence-corrected chi connectivity index (χ3v) is 9.38. The van der Waals surface area contributed by atoms with E-state index in [2.05, 4.69) is 45.8 Å². The van der Waals surface area contributed by atoms with E-state index in [-0.39, 0.29) is 10.4 Å². The molecule has 0 aromatic rings. The second-order valence-electron chi connectivity index (χ2n) is 6.90. The Hall–Kier alpha value is 0.427. The van der Waals surface area contributed by atoms with Gasteiger partial charge >= 0.3 is 0 Å². The molecule has 0 saturated carbocycles. The number of hydrogen-bond donors (Lipinski definition) is 0. The van der Waals surface area contributed by atoms with E-state index in [1.54, 1.807) is 0 Å². The smallest absolute Gasteiger partial charge is 0.191 e. The molecular formula is C13H28ClNOSi. The molecule has 0 radical (unpaired) electrons. The fourth-order valence-electron chi connectivity index (χ4n) is 1.87. The molecule has 2 unspecified atom stereocenters. The number of likely N-dealkylation sites (tertiary alicyclic amines) is 1. The van der Waals surface area contributed by atoms with Crippen molar-refractivity contribution >= 4 is 19.9 Å². The fourth-order valence-corrected chi connectivity index (χ4v) is 3.19. The Morgan fingerprint density at radius 2 is 1.94 bits per heavy atom. The molecule has 4 heteroatoms. The molecular weight excluding hydrogens is 250 g/mol. The van der Waals surface area contributed by atoms with Gasteiger partial charge in [0.25, 0.3) is 0 Å². The lowest BCUT2D eigenvalue weighted by Gasteiger charge is -2.40. The number of alkyl halides is 1. The topological polar surface area (TPSA) is 12.5 Å². The van der Waals surface area contributed by atoms with Crippen LogP contribution in [0, 0.1) is 5.92 Å². The van der Waals surface area contributed by atoms with Crippen LogP contribution in [0.1, 0.15) is 27.2 Å². The van der Waals surface area contributed by atoms with Crippen LogP contribution in [-0.2, 0) is 4.43 Å². The van der Waals surface area contributed by atoms with Crippen LogP contribution in [0.15, 0.2) is 0 Å². The summed E-state index contributed by atoms with van der Waals surface area (Å²) in [5.41, 5.74) is 0. The molecule has 1 aliphatic rings. The summed E-state index contributed by atoms with van der Waals surface area (Å²) >= 11 is 6.40. The first-order valence-electron chi connectivity index (χ1n) is 6.60. The highest BCUT2D eigenvalue weighted by molar-refractivity contribution is 6.74. The van der Waals surface area contributed by atoms with E-state index in [9.17, 15) is 0 Å². The van der Waals surface area contributed by atoms with Crippen molar-refractivity contribution in [1.82, 2.24) is 4.90 Å². The second-order valence-corrected chi connectivity index (χ2v) is 12.3. The first kappa shape index (κ1) is 15.5. The monoisotopic (exact) mass is 277 g/mol. The molecule has 0 bridgehead atoms. The first-order valence-corrected chi connectivity index (χ1v) is 9.94. The molecule has 1 aliphatic heterocycles. The maximum absolute atomic E-state index is 6.40. The molecule has 2 nitrogen and oxygen atoms in total. The summed E-state index contributed by atoms with van der Waals surface area (Å²) in [5.74, 6) is 0.490. The molecule has 0 aromatic carbocycles. The molecule has 0 aliphatic carbocycles. The molecule has 102 valence electrons. The van der Waals surface area contributed by atoms with Gasteiger partial charge < -0.3 is 9.33 Å². The largest absolute Gasteiger partial charge is 0.416 e. The number of halogens is 1. The SMILES string of the molecule is CN1CCC(Cl)C(CO[Si](C)(C)C(C)(C)C)C1. The highest BCUT2D eigenvalue weighted by Gasteiger charge is 2.38. The summed E-state index contributed by atoms with van der Waals surface area (Å²) in [7, 11) is 0.551. The highest BCUT2D eigenvalue weighted by atomic mass is 35.5. The van der Waals surface area contributed by atoms with Crippen molar-refractivity contribution in [3.63, 3.8) is 0 Å². The Morgan fingerprint density at radius 3 is 2.47 bits per heavy atom. The number of rotatable bonds is 3. The van der Waals surface area contributed by atoms with Crippen LogP contribution < -0.4 is 0 Å². The Balaban J connectivity index is 2.49. The lowest BCUT2D eigenvalue weighted by molar-refractivity contribution is 0.145. The predicted octanol–water partition coefficient (Wildman–Crippen LogP) is 3.57. The van der Waals surface area contributed by atoms with Gasteiger partial charge in [-0.2, -0.15) is 0 Å². The van der Waals surface area contributed by atoms with E-state index in [1.165, 1.54) is 0 Å². The normalized spacial score (nSPS) is 28.4. The second kappa shape index (κ2) is 5.60. The average molecular weight is 278 g/mol. The highest BCUT2D eigenvalue weighted by Crippen LogP contribution is 2.37.